The predicted octanol–water partition coefficient (Wildman–Crippen LogP) is 4.00. The molecule has 126 valence electrons. The van der Waals surface area contributed by atoms with Crippen molar-refractivity contribution in [2.75, 3.05) is 25.0 Å². The zero-order valence-corrected chi connectivity index (χ0v) is 15.0. The third kappa shape index (κ3) is 2.91. The molecule has 4 heteroatoms. The van der Waals surface area contributed by atoms with Crippen LogP contribution in [0, 0.1) is 13.8 Å². The molecule has 1 saturated heterocycles. The number of nitrogens with zero attached hydrogens (tertiary/aromatic N) is 1. The molecule has 23 heavy (non-hydrogen) atoms. The van der Waals surface area contributed by atoms with Crippen LogP contribution in [0.3, 0.4) is 0 Å². The van der Waals surface area contributed by atoms with E-state index >= 15 is 0 Å². The number of fused-ring (bicyclic) bond motifs is 2. The summed E-state index contributed by atoms with van der Waals surface area (Å²) in [7, 11) is 0. The monoisotopic (exact) mass is 316 g/mol. The van der Waals surface area contributed by atoms with Crippen molar-refractivity contribution in [3.05, 3.63) is 28.8 Å². The van der Waals surface area contributed by atoms with Gasteiger partial charge in [0.25, 0.3) is 0 Å². The van der Waals surface area contributed by atoms with Gasteiger partial charge in [-0.15, -0.1) is 0 Å². The highest BCUT2D eigenvalue weighted by Gasteiger charge is 2.44. The second kappa shape index (κ2) is 5.43. The Balaban J connectivity index is 1.76. The number of ether oxygens (including phenoxy) is 1. The maximum Gasteiger partial charge on any atom is 0.410 e. The molecule has 1 aromatic carbocycles. The van der Waals surface area contributed by atoms with Crippen molar-refractivity contribution in [1.82, 2.24) is 4.90 Å². The van der Waals surface area contributed by atoms with Gasteiger partial charge in [0.05, 0.1) is 0 Å². The Labute approximate surface area is 139 Å². The summed E-state index contributed by atoms with van der Waals surface area (Å²) in [6, 6.07) is 4.42. The third-order valence-electron chi connectivity index (χ3n) is 5.13. The summed E-state index contributed by atoms with van der Waals surface area (Å²) in [5.74, 6) is 0. The molecule has 1 spiro atoms. The summed E-state index contributed by atoms with van der Waals surface area (Å²) in [5, 5.41) is 3.62. The van der Waals surface area contributed by atoms with E-state index in [0.717, 1.165) is 32.5 Å². The molecular weight excluding hydrogens is 288 g/mol. The van der Waals surface area contributed by atoms with Crippen LogP contribution in [0.4, 0.5) is 10.5 Å². The summed E-state index contributed by atoms with van der Waals surface area (Å²) in [4.78, 5) is 14.1. The molecule has 4 nitrogen and oxygen atoms in total. The Bertz CT molecular complexity index is 623. The van der Waals surface area contributed by atoms with Crippen LogP contribution < -0.4 is 5.32 Å². The molecule has 3 rings (SSSR count). The summed E-state index contributed by atoms with van der Waals surface area (Å²) in [5.41, 5.74) is 5.21. The van der Waals surface area contributed by atoms with Crippen molar-refractivity contribution in [3.8, 4) is 0 Å². The van der Waals surface area contributed by atoms with E-state index in [4.69, 9.17) is 4.74 Å². The van der Waals surface area contributed by atoms with Crippen LogP contribution in [0.2, 0.25) is 0 Å². The molecular formula is C19H28N2O2. The fraction of sp³-hybridized carbons (Fsp3) is 0.632. The van der Waals surface area contributed by atoms with Gasteiger partial charge in [0.1, 0.15) is 5.60 Å². The highest BCUT2D eigenvalue weighted by atomic mass is 16.6. The van der Waals surface area contributed by atoms with Crippen LogP contribution in [0.1, 0.15) is 50.3 Å². The van der Waals surface area contributed by atoms with Crippen molar-refractivity contribution < 1.29 is 9.53 Å². The zero-order valence-electron chi connectivity index (χ0n) is 15.0. The first-order valence-corrected chi connectivity index (χ1v) is 8.54. The van der Waals surface area contributed by atoms with Crippen LogP contribution in [0.5, 0.6) is 0 Å². The standard InChI is InChI=1S/C19H28N2O2/c1-13-6-7-14(2)16-15(13)19(12-20-16)8-10-21(11-9-19)17(22)23-18(3,4)5/h6-7,20H,8-12H2,1-5H3. The highest BCUT2D eigenvalue weighted by Crippen LogP contribution is 2.46. The lowest BCUT2D eigenvalue weighted by atomic mass is 9.72. The molecule has 2 heterocycles. The van der Waals surface area contributed by atoms with E-state index in [0.29, 0.717) is 0 Å². The Morgan fingerprint density at radius 2 is 1.78 bits per heavy atom. The van der Waals surface area contributed by atoms with Gasteiger partial charge >= 0.3 is 6.09 Å². The van der Waals surface area contributed by atoms with Crippen molar-refractivity contribution in [2.24, 2.45) is 0 Å². The minimum Gasteiger partial charge on any atom is -0.444 e. The molecule has 1 aromatic rings. The average Bonchev–Trinajstić information content (AvgIpc) is 2.82. The van der Waals surface area contributed by atoms with Gasteiger partial charge in [-0.1, -0.05) is 12.1 Å². The second-order valence-corrected chi connectivity index (χ2v) is 8.05. The van der Waals surface area contributed by atoms with Crippen LogP contribution in [-0.2, 0) is 10.2 Å². The normalized spacial score (nSPS) is 19.4. The van der Waals surface area contributed by atoms with Gasteiger partial charge in [0.15, 0.2) is 0 Å². The molecule has 0 aliphatic carbocycles. The third-order valence-corrected chi connectivity index (χ3v) is 5.13. The number of nitrogens with one attached hydrogen (secondary N) is 1. The Hall–Kier alpha value is -1.71. The minimum atomic E-state index is -0.429. The molecule has 1 N–H and O–H groups in total. The van der Waals surface area contributed by atoms with Gasteiger partial charge in [0, 0.05) is 30.7 Å². The maximum absolute atomic E-state index is 12.3. The van der Waals surface area contributed by atoms with Crippen LogP contribution >= 0.6 is 0 Å². The molecule has 1 amide bonds. The average molecular weight is 316 g/mol. The maximum atomic E-state index is 12.3. The van der Waals surface area contributed by atoms with E-state index in [2.05, 4.69) is 31.3 Å². The van der Waals surface area contributed by atoms with Crippen LogP contribution in [0.15, 0.2) is 12.1 Å². The molecule has 2 aliphatic heterocycles. The summed E-state index contributed by atoms with van der Waals surface area (Å²) >= 11 is 0. The number of piperidine rings is 1. The lowest BCUT2D eigenvalue weighted by Gasteiger charge is -2.40. The molecule has 0 bridgehead atoms. The van der Waals surface area contributed by atoms with E-state index < -0.39 is 5.60 Å². The van der Waals surface area contributed by atoms with E-state index in [1.54, 1.807) is 0 Å². The number of rotatable bonds is 0. The van der Waals surface area contributed by atoms with Gasteiger partial charge < -0.3 is 15.0 Å². The Morgan fingerprint density at radius 1 is 1.17 bits per heavy atom. The molecule has 0 unspecified atom stereocenters. The van der Waals surface area contributed by atoms with Crippen molar-refractivity contribution in [3.63, 3.8) is 0 Å². The van der Waals surface area contributed by atoms with Crippen LogP contribution in [-0.4, -0.2) is 36.2 Å². The fourth-order valence-electron chi connectivity index (χ4n) is 3.94. The highest BCUT2D eigenvalue weighted by molar-refractivity contribution is 5.70. The van der Waals surface area contributed by atoms with Gasteiger partial charge in [0.2, 0.25) is 0 Å². The number of hydrogen-bond donors (Lipinski definition) is 1. The first kappa shape index (κ1) is 16.2. The number of aryl methyl sites for hydroxylation is 2. The number of amides is 1. The number of benzene rings is 1. The van der Waals surface area contributed by atoms with E-state index in [9.17, 15) is 4.79 Å². The van der Waals surface area contributed by atoms with E-state index in [1.807, 2.05) is 25.7 Å². The van der Waals surface area contributed by atoms with Gasteiger partial charge in [-0.05, 0) is 64.2 Å². The lowest BCUT2D eigenvalue weighted by Crippen LogP contribution is -2.47. The number of hydrogen-bond acceptors (Lipinski definition) is 3. The fourth-order valence-corrected chi connectivity index (χ4v) is 3.94. The number of likely N-dealkylation sites (tertiary alicyclic amines) is 1. The predicted molar refractivity (Wildman–Crippen MR) is 93.1 cm³/mol. The topological polar surface area (TPSA) is 41.6 Å². The smallest absolute Gasteiger partial charge is 0.410 e. The Kier molecular flexibility index (Phi) is 3.81. The molecule has 2 aliphatic rings. The SMILES string of the molecule is Cc1ccc(C)c2c1NCC21CCN(C(=O)OC(C)(C)C)CC1. The number of anilines is 1. The summed E-state index contributed by atoms with van der Waals surface area (Å²) in [6.07, 6.45) is 1.81. The lowest BCUT2D eigenvalue weighted by molar-refractivity contribution is 0.0172. The van der Waals surface area contributed by atoms with Gasteiger partial charge in [-0.25, -0.2) is 4.79 Å². The number of carbonyl (C=O) groups is 1. The summed E-state index contributed by atoms with van der Waals surface area (Å²) in [6.45, 7) is 12.6. The van der Waals surface area contributed by atoms with Crippen molar-refractivity contribution in [2.45, 2.75) is 58.5 Å². The molecule has 0 radical (unpaired) electrons. The minimum absolute atomic E-state index is 0.171. The molecule has 0 saturated carbocycles. The first-order chi connectivity index (χ1) is 10.7. The van der Waals surface area contributed by atoms with E-state index in [-0.39, 0.29) is 11.5 Å². The van der Waals surface area contributed by atoms with Gasteiger partial charge in [-0.2, -0.15) is 0 Å². The second-order valence-electron chi connectivity index (χ2n) is 8.05. The Morgan fingerprint density at radius 3 is 2.39 bits per heavy atom. The largest absolute Gasteiger partial charge is 0.444 e. The van der Waals surface area contributed by atoms with Gasteiger partial charge in [-0.3, -0.25) is 0 Å². The summed E-state index contributed by atoms with van der Waals surface area (Å²) < 4.78 is 5.51. The van der Waals surface area contributed by atoms with Crippen LogP contribution in [0.25, 0.3) is 0 Å². The van der Waals surface area contributed by atoms with E-state index in [1.165, 1.54) is 22.4 Å². The van der Waals surface area contributed by atoms with Crippen molar-refractivity contribution in [1.29, 1.82) is 0 Å². The molecule has 0 atom stereocenters. The molecule has 1 fully saturated rings. The quantitative estimate of drug-likeness (QED) is 0.786. The number of carbonyl (C=O) groups excluding carboxylic acids is 1. The van der Waals surface area contributed by atoms with Crippen molar-refractivity contribution >= 4 is 11.8 Å². The first-order valence-electron chi connectivity index (χ1n) is 8.54. The zero-order chi connectivity index (χ0) is 16.8. The molecule has 0 aromatic heterocycles.